The van der Waals surface area contributed by atoms with Crippen LogP contribution < -0.4 is 0 Å². The van der Waals surface area contributed by atoms with Crippen LogP contribution in [0.5, 0.6) is 0 Å². The predicted molar refractivity (Wildman–Crippen MR) is 46.9 cm³/mol. The fourth-order valence-corrected chi connectivity index (χ4v) is 1.64. The van der Waals surface area contributed by atoms with E-state index in [-0.39, 0.29) is 0 Å². The zero-order valence-corrected chi connectivity index (χ0v) is 8.91. The lowest BCUT2D eigenvalue weighted by Gasteiger charge is -2.26. The number of hydrogen-bond donors (Lipinski definition) is 1. The van der Waals surface area contributed by atoms with Crippen LogP contribution in [0.1, 0.15) is 11.1 Å². The third-order valence-corrected chi connectivity index (χ3v) is 2.44. The molecule has 1 aliphatic rings. The zero-order chi connectivity index (χ0) is 15.4. The second kappa shape index (κ2) is 4.12. The molecule has 0 saturated heterocycles. The van der Waals surface area contributed by atoms with Crippen molar-refractivity contribution in [2.75, 3.05) is 0 Å². The van der Waals surface area contributed by atoms with Gasteiger partial charge in [-0.25, -0.2) is 22.4 Å². The normalized spacial score (nSPS) is 16.8. The van der Waals surface area contributed by atoms with Crippen LogP contribution in [0.4, 0.5) is 30.7 Å². The van der Waals surface area contributed by atoms with Gasteiger partial charge in [-0.15, -0.1) is 0 Å². The van der Waals surface area contributed by atoms with Crippen LogP contribution >= 0.6 is 0 Å². The smallest absolute Gasteiger partial charge is 0.432 e. The number of fused-ring (bicyclic) bond motifs is 1. The van der Waals surface area contributed by atoms with Crippen molar-refractivity contribution in [1.29, 1.82) is 0 Å². The van der Waals surface area contributed by atoms with Crippen LogP contribution in [-0.4, -0.2) is 11.1 Å². The summed E-state index contributed by atoms with van der Waals surface area (Å²) in [4.78, 5) is 10.7. The van der Waals surface area contributed by atoms with Gasteiger partial charge in [-0.1, -0.05) is 0 Å². The first-order valence-electron chi connectivity index (χ1n) is 4.66. The summed E-state index contributed by atoms with van der Waals surface area (Å²) < 4.78 is 95.4. The van der Waals surface area contributed by atoms with Crippen LogP contribution in [0.2, 0.25) is 0 Å². The molecule has 1 heterocycles. The topological polar surface area (TPSA) is 46.5 Å². The van der Waals surface area contributed by atoms with Gasteiger partial charge in [0.05, 0.1) is 5.56 Å². The van der Waals surface area contributed by atoms with E-state index in [0.29, 0.717) is 0 Å². The van der Waals surface area contributed by atoms with Crippen molar-refractivity contribution < 1.29 is 45.4 Å². The number of rotatable bonds is 1. The van der Waals surface area contributed by atoms with E-state index in [1.54, 1.807) is 0 Å². The number of alkyl halides is 2. The van der Waals surface area contributed by atoms with Gasteiger partial charge in [0.1, 0.15) is 11.1 Å². The van der Waals surface area contributed by atoms with E-state index in [1.165, 1.54) is 0 Å². The largest absolute Gasteiger partial charge is 0.477 e. The molecule has 1 aromatic rings. The molecule has 0 unspecified atom stereocenters. The number of carbonyl (C=O) groups is 1. The molecular weight excluding hydrogens is 301 g/mol. The second-order valence-corrected chi connectivity index (χ2v) is 3.58. The van der Waals surface area contributed by atoms with Gasteiger partial charge >= 0.3 is 12.1 Å². The number of carboxylic acid groups (broad SMARTS) is 1. The monoisotopic (exact) mass is 302 g/mol. The van der Waals surface area contributed by atoms with Gasteiger partial charge in [-0.3, -0.25) is 0 Å². The molecule has 0 bridgehead atoms. The molecule has 0 aromatic heterocycles. The zero-order valence-electron chi connectivity index (χ0n) is 8.91. The first-order chi connectivity index (χ1) is 9.09. The Hall–Kier alpha value is -2.26. The van der Waals surface area contributed by atoms with Crippen molar-refractivity contribution in [3.8, 4) is 0 Å². The highest BCUT2D eigenvalue weighted by atomic mass is 19.3. The van der Waals surface area contributed by atoms with Gasteiger partial charge in [0.2, 0.25) is 0 Å². The maximum atomic E-state index is 13.4. The lowest BCUT2D eigenvalue weighted by atomic mass is 9.95. The molecule has 1 aliphatic heterocycles. The molecule has 0 aliphatic carbocycles. The minimum Gasteiger partial charge on any atom is -0.477 e. The van der Waals surface area contributed by atoms with Crippen LogP contribution in [0.15, 0.2) is 6.01 Å². The molecule has 108 valence electrons. The maximum absolute atomic E-state index is 13.4. The highest BCUT2D eigenvalue weighted by Crippen LogP contribution is 2.46. The molecule has 20 heavy (non-hydrogen) atoms. The van der Waals surface area contributed by atoms with E-state index in [0.717, 1.165) is 0 Å². The molecule has 1 N–H and O–H groups in total. The summed E-state index contributed by atoms with van der Waals surface area (Å²) in [5, 5.41) is 8.57. The Labute approximate surface area is 104 Å². The summed E-state index contributed by atoms with van der Waals surface area (Å²) in [6.45, 7) is 0. The highest BCUT2D eigenvalue weighted by molar-refractivity contribution is 6.16. The molecule has 10 heteroatoms. The van der Waals surface area contributed by atoms with Crippen LogP contribution in [0.25, 0.3) is 5.57 Å². The molecule has 1 aromatic carbocycles. The quantitative estimate of drug-likeness (QED) is 0.493. The first kappa shape index (κ1) is 14.2. The Morgan fingerprint density at radius 1 is 0.950 bits per heavy atom. The lowest BCUT2D eigenvalue weighted by Crippen LogP contribution is -2.29. The van der Waals surface area contributed by atoms with Crippen molar-refractivity contribution in [3.63, 3.8) is 0 Å². The van der Waals surface area contributed by atoms with Gasteiger partial charge in [-0.05, 0) is 0 Å². The summed E-state index contributed by atoms with van der Waals surface area (Å²) in [6.07, 6.45) is -4.90. The third kappa shape index (κ3) is 1.71. The van der Waals surface area contributed by atoms with Gasteiger partial charge in [0, 0.05) is 0 Å². The fourth-order valence-electron chi connectivity index (χ4n) is 1.64. The van der Waals surface area contributed by atoms with E-state index >= 15 is 0 Å². The summed E-state index contributed by atoms with van der Waals surface area (Å²) in [7, 11) is 0. The third-order valence-electron chi connectivity index (χ3n) is 2.44. The molecule has 0 amide bonds. The molecule has 0 radical (unpaired) electrons. The first-order valence-corrected chi connectivity index (χ1v) is 4.66. The summed E-state index contributed by atoms with van der Waals surface area (Å²) in [5.41, 5.74) is -6.04. The van der Waals surface area contributed by atoms with Gasteiger partial charge in [-0.2, -0.15) is 13.2 Å². The van der Waals surface area contributed by atoms with E-state index in [1.807, 2.05) is 0 Å². The minimum absolute atomic E-state index is 1.87. The second-order valence-electron chi connectivity index (χ2n) is 3.58. The number of ether oxygens (including phenoxy) is 1. The molecule has 0 spiro atoms. The van der Waals surface area contributed by atoms with Crippen molar-refractivity contribution in [1.82, 2.24) is 0 Å². The van der Waals surface area contributed by atoms with Crippen molar-refractivity contribution in [2.24, 2.45) is 0 Å². The van der Waals surface area contributed by atoms with E-state index < -0.39 is 58.1 Å². The Morgan fingerprint density at radius 2 is 1.45 bits per heavy atom. The average Bonchev–Trinajstić information content (AvgIpc) is 2.31. The van der Waals surface area contributed by atoms with Crippen molar-refractivity contribution in [2.45, 2.75) is 6.11 Å². The van der Waals surface area contributed by atoms with Gasteiger partial charge in [0.15, 0.2) is 23.3 Å². The minimum atomic E-state index is -4.90. The van der Waals surface area contributed by atoms with Crippen LogP contribution in [0.3, 0.4) is 0 Å². The van der Waals surface area contributed by atoms with Gasteiger partial charge in [0.25, 0.3) is 6.01 Å². The summed E-state index contributed by atoms with van der Waals surface area (Å²) >= 11 is 0. The molecule has 0 atom stereocenters. The SMILES string of the molecule is O=C(O)C1=C(F)OC(F)(F)c2c(F)c(F)c(F)c(F)c21. The molecular formula is C10HF7O3. The maximum Gasteiger partial charge on any atom is 0.432 e. The van der Waals surface area contributed by atoms with Crippen molar-refractivity contribution >= 4 is 11.5 Å². The average molecular weight is 302 g/mol. The van der Waals surface area contributed by atoms with E-state index in [9.17, 15) is 35.5 Å². The Morgan fingerprint density at radius 3 is 1.95 bits per heavy atom. The lowest BCUT2D eigenvalue weighted by molar-refractivity contribution is -0.240. The number of benzene rings is 1. The van der Waals surface area contributed by atoms with E-state index in [4.69, 9.17) is 5.11 Å². The standard InChI is InChI=1S/C10HF7O3/c11-4-1-2(9(18)19)8(15)20-10(16,17)3(1)5(12)7(14)6(4)13/h(H,18,19). The van der Waals surface area contributed by atoms with E-state index in [2.05, 4.69) is 4.74 Å². The summed E-state index contributed by atoms with van der Waals surface area (Å²) in [5.74, 6) is -12.5. The predicted octanol–water partition coefficient (Wildman–Crippen LogP) is 3.05. The number of halogens is 7. The molecule has 3 nitrogen and oxygen atoms in total. The summed E-state index contributed by atoms with van der Waals surface area (Å²) in [6, 6.07) is -2.46. The van der Waals surface area contributed by atoms with Crippen LogP contribution in [-0.2, 0) is 15.6 Å². The number of aliphatic carboxylic acids is 1. The number of carboxylic acids is 1. The molecule has 0 saturated carbocycles. The fraction of sp³-hybridized carbons (Fsp3) is 0.100. The van der Waals surface area contributed by atoms with Gasteiger partial charge < -0.3 is 9.84 Å². The Balaban J connectivity index is 3.01. The molecule has 0 fully saturated rings. The van der Waals surface area contributed by atoms with Crippen LogP contribution in [0, 0.1) is 23.3 Å². The molecule has 2 rings (SSSR count). The van der Waals surface area contributed by atoms with Crippen molar-refractivity contribution in [3.05, 3.63) is 40.4 Å². The highest BCUT2D eigenvalue weighted by Gasteiger charge is 2.51. The number of hydrogen-bond acceptors (Lipinski definition) is 2. The Bertz CT molecular complexity index is 666. The Kier molecular flexibility index (Phi) is 2.91.